The van der Waals surface area contributed by atoms with Gasteiger partial charge >= 0.3 is 6.09 Å². The number of amidine groups is 2. The molecule has 30 heavy (non-hydrogen) atoms. The monoisotopic (exact) mass is 416 g/mol. The van der Waals surface area contributed by atoms with E-state index in [0.717, 1.165) is 24.8 Å². The maximum atomic E-state index is 12.1. The molecule has 0 aromatic carbocycles. The highest BCUT2D eigenvalue weighted by atomic mass is 16.6. The van der Waals surface area contributed by atoms with E-state index in [1.165, 1.54) is 0 Å². The number of amides is 1. The Morgan fingerprint density at radius 2 is 1.93 bits per heavy atom. The summed E-state index contributed by atoms with van der Waals surface area (Å²) in [7, 11) is 1.76. The van der Waals surface area contributed by atoms with Gasteiger partial charge in [-0.15, -0.1) is 0 Å². The maximum absolute atomic E-state index is 12.1. The normalized spacial score (nSPS) is 15.3. The van der Waals surface area contributed by atoms with Gasteiger partial charge in [0.15, 0.2) is 17.5 Å². The molecule has 0 fully saturated rings. The van der Waals surface area contributed by atoms with Gasteiger partial charge in [-0.2, -0.15) is 5.10 Å². The summed E-state index contributed by atoms with van der Waals surface area (Å²) in [5.41, 5.74) is 7.78. The zero-order valence-corrected chi connectivity index (χ0v) is 19.5. The Balaban J connectivity index is 0.00000218. The van der Waals surface area contributed by atoms with Gasteiger partial charge in [-0.25, -0.2) is 14.8 Å². The molecule has 1 aliphatic rings. The number of nitrogens with zero attached hydrogens (tertiary/aromatic N) is 4. The number of anilines is 1. The lowest BCUT2D eigenvalue weighted by Crippen LogP contribution is -2.27. The number of carbonyl (C=O) groups is 1. The van der Waals surface area contributed by atoms with Gasteiger partial charge in [0, 0.05) is 13.2 Å². The molecule has 0 saturated carbocycles. The maximum Gasteiger partial charge on any atom is 0.413 e. The number of rotatable bonds is 6. The number of hydrogen-bond donors (Lipinski definition) is 2. The predicted molar refractivity (Wildman–Crippen MR) is 124 cm³/mol. The van der Waals surface area contributed by atoms with Gasteiger partial charge in [0.2, 0.25) is 0 Å². The lowest BCUT2D eigenvalue weighted by molar-refractivity contribution is 0.0635. The number of unbranched alkanes of at least 4 members (excludes halogenated alkanes) is 1. The molecule has 0 aliphatic carbocycles. The molecular weight excluding hydrogens is 380 g/mol. The lowest BCUT2D eigenvalue weighted by atomic mass is 10.1. The number of aryl methyl sites for hydroxylation is 1. The lowest BCUT2D eigenvalue weighted by Gasteiger charge is -2.19. The first-order chi connectivity index (χ1) is 14.1. The number of aromatic nitrogens is 2. The first kappa shape index (κ1) is 25.1. The molecule has 0 unspecified atom stereocenters. The third kappa shape index (κ3) is 7.50. The minimum absolute atomic E-state index is 0.328. The Morgan fingerprint density at radius 1 is 1.27 bits per heavy atom. The van der Waals surface area contributed by atoms with Crippen LogP contribution in [0, 0.1) is 0 Å². The van der Waals surface area contributed by atoms with E-state index in [1.54, 1.807) is 38.7 Å². The highest BCUT2D eigenvalue weighted by Crippen LogP contribution is 2.23. The van der Waals surface area contributed by atoms with E-state index in [9.17, 15) is 4.79 Å². The van der Waals surface area contributed by atoms with Crippen molar-refractivity contribution >= 4 is 23.6 Å². The Morgan fingerprint density at radius 3 is 2.53 bits per heavy atom. The van der Waals surface area contributed by atoms with Crippen LogP contribution < -0.4 is 11.1 Å². The fourth-order valence-electron chi connectivity index (χ4n) is 2.58. The summed E-state index contributed by atoms with van der Waals surface area (Å²) in [5, 5.41) is 6.94. The summed E-state index contributed by atoms with van der Waals surface area (Å²) in [6, 6.07) is 0. The Labute approximate surface area is 180 Å². The number of hydrogen-bond acceptors (Lipinski definition) is 6. The van der Waals surface area contributed by atoms with Gasteiger partial charge in [-0.05, 0) is 46.1 Å². The van der Waals surface area contributed by atoms with E-state index < -0.39 is 11.7 Å². The third-order valence-corrected chi connectivity index (χ3v) is 3.83. The number of aliphatic imine (C=N–C) groups is 2. The molecule has 0 atom stereocenters. The average Bonchev–Trinajstić information content (AvgIpc) is 3.21. The van der Waals surface area contributed by atoms with Crippen LogP contribution in [0.5, 0.6) is 0 Å². The van der Waals surface area contributed by atoms with Crippen molar-refractivity contribution in [2.75, 3.05) is 5.32 Å². The van der Waals surface area contributed by atoms with E-state index in [1.807, 2.05) is 20.8 Å². The molecule has 2 rings (SSSR count). The number of nitrogens with one attached hydrogen (secondary N) is 1. The predicted octanol–water partition coefficient (Wildman–Crippen LogP) is 4.93. The molecule has 1 amide bonds. The molecule has 2 heterocycles. The van der Waals surface area contributed by atoms with Crippen molar-refractivity contribution in [3.8, 4) is 0 Å². The summed E-state index contributed by atoms with van der Waals surface area (Å²) in [4.78, 5) is 21.1. The van der Waals surface area contributed by atoms with E-state index in [-0.39, 0.29) is 0 Å². The molecule has 3 N–H and O–H groups in total. The van der Waals surface area contributed by atoms with Crippen LogP contribution in [0.25, 0.3) is 0 Å². The van der Waals surface area contributed by atoms with E-state index in [0.29, 0.717) is 28.7 Å². The topological polar surface area (TPSA) is 107 Å². The molecule has 0 saturated heterocycles. The van der Waals surface area contributed by atoms with E-state index in [4.69, 9.17) is 10.5 Å². The van der Waals surface area contributed by atoms with E-state index >= 15 is 0 Å². The van der Waals surface area contributed by atoms with Crippen LogP contribution >= 0.6 is 0 Å². The van der Waals surface area contributed by atoms with Crippen molar-refractivity contribution in [2.45, 2.75) is 73.3 Å². The van der Waals surface area contributed by atoms with Gasteiger partial charge in [0.25, 0.3) is 0 Å². The summed E-state index contributed by atoms with van der Waals surface area (Å²) in [5.74, 6) is 1.11. The van der Waals surface area contributed by atoms with Crippen molar-refractivity contribution in [2.24, 2.45) is 22.8 Å². The smallest absolute Gasteiger partial charge is 0.413 e. The summed E-state index contributed by atoms with van der Waals surface area (Å²) >= 11 is 0. The number of nitrogens with two attached hydrogens (primary N) is 1. The second-order valence-corrected chi connectivity index (χ2v) is 7.72. The number of allylic oxidation sites excluding steroid dienone is 3. The molecule has 1 aromatic rings. The van der Waals surface area contributed by atoms with Gasteiger partial charge < -0.3 is 10.5 Å². The highest BCUT2D eigenvalue weighted by molar-refractivity contribution is 6.18. The summed E-state index contributed by atoms with van der Waals surface area (Å²) in [6.07, 6.45) is 8.35. The van der Waals surface area contributed by atoms with Crippen LogP contribution in [-0.4, -0.2) is 33.1 Å². The fraction of sp³-hybridized carbons (Fsp3) is 0.545. The Kier molecular flexibility index (Phi) is 9.49. The van der Waals surface area contributed by atoms with Crippen LogP contribution in [0.15, 0.2) is 39.6 Å². The van der Waals surface area contributed by atoms with Crippen LogP contribution in [0.2, 0.25) is 0 Å². The second-order valence-electron chi connectivity index (χ2n) is 7.72. The van der Waals surface area contributed by atoms with Gasteiger partial charge in [0.1, 0.15) is 11.3 Å². The Hall–Kier alpha value is -2.90. The summed E-state index contributed by atoms with van der Waals surface area (Å²) in [6.45, 7) is 13.5. The first-order valence-electron chi connectivity index (χ1n) is 10.4. The SMILES string of the molecule is CC.CCC/C=C\C/C(C)=C1\N=C(c2cn(C)nc2NC(=O)OC(C)(C)C)N=C1N. The molecular formula is C22H36N6O2. The quantitative estimate of drug-likeness (QED) is 0.641. The minimum Gasteiger partial charge on any atom is -0.444 e. The second kappa shape index (κ2) is 11.3. The number of carbonyl (C=O) groups excluding carboxylic acids is 1. The molecule has 0 radical (unpaired) electrons. The molecule has 0 spiro atoms. The molecule has 1 aliphatic heterocycles. The zero-order chi connectivity index (χ0) is 22.9. The van der Waals surface area contributed by atoms with Gasteiger partial charge in [-0.3, -0.25) is 10.00 Å². The standard InChI is InChI=1S/C20H30N6O2.C2H6/c1-7-8-9-10-11-13(2)15-16(21)23-17(22-15)14-12-26(6)25-18(14)24-19(27)28-20(3,4)5;1-2/h9-10,12H,7-8,11H2,1-6H3,(H2,21,22,23)(H,24,25,27);1-2H3/b10-9-,15-13-;. The van der Waals surface area contributed by atoms with E-state index in [2.05, 4.69) is 39.5 Å². The van der Waals surface area contributed by atoms with Crippen LogP contribution in [0.4, 0.5) is 10.6 Å². The Bertz CT molecular complexity index is 853. The zero-order valence-electron chi connectivity index (χ0n) is 19.5. The van der Waals surface area contributed by atoms with Crippen molar-refractivity contribution < 1.29 is 9.53 Å². The molecule has 8 nitrogen and oxygen atoms in total. The summed E-state index contributed by atoms with van der Waals surface area (Å²) < 4.78 is 6.88. The third-order valence-electron chi connectivity index (χ3n) is 3.83. The molecule has 0 bridgehead atoms. The van der Waals surface area contributed by atoms with Crippen LogP contribution in [-0.2, 0) is 11.8 Å². The van der Waals surface area contributed by atoms with Crippen molar-refractivity contribution in [1.29, 1.82) is 0 Å². The first-order valence-corrected chi connectivity index (χ1v) is 10.4. The van der Waals surface area contributed by atoms with Crippen LogP contribution in [0.1, 0.15) is 73.3 Å². The molecule has 166 valence electrons. The molecule has 8 heteroatoms. The minimum atomic E-state index is -0.606. The fourth-order valence-corrected chi connectivity index (χ4v) is 2.58. The highest BCUT2D eigenvalue weighted by Gasteiger charge is 2.24. The van der Waals surface area contributed by atoms with Crippen LogP contribution in [0.3, 0.4) is 0 Å². The van der Waals surface area contributed by atoms with Gasteiger partial charge in [0.05, 0.1) is 5.56 Å². The number of ether oxygens (including phenoxy) is 1. The average molecular weight is 417 g/mol. The van der Waals surface area contributed by atoms with Crippen molar-refractivity contribution in [1.82, 2.24) is 9.78 Å². The van der Waals surface area contributed by atoms with Gasteiger partial charge in [-0.1, -0.05) is 39.3 Å². The largest absolute Gasteiger partial charge is 0.444 e. The van der Waals surface area contributed by atoms with Crippen molar-refractivity contribution in [3.63, 3.8) is 0 Å². The molecule has 1 aromatic heterocycles. The van der Waals surface area contributed by atoms with Crippen molar-refractivity contribution in [3.05, 3.63) is 35.2 Å².